The molecule has 0 aliphatic heterocycles. The fourth-order valence-corrected chi connectivity index (χ4v) is 4.21. The molecule has 0 aliphatic rings. The number of hydrogen-bond acceptors (Lipinski definition) is 8. The topological polar surface area (TPSA) is 120 Å². The third-order valence-corrected chi connectivity index (χ3v) is 5.54. The highest BCUT2D eigenvalue weighted by Crippen LogP contribution is 2.42. The number of hydrogen-bond donors (Lipinski definition) is 2. The minimum absolute atomic E-state index is 0.0561. The Labute approximate surface area is 196 Å². The molecule has 2 N–H and O–H groups in total. The van der Waals surface area contributed by atoms with Crippen molar-refractivity contribution in [3.8, 4) is 17.4 Å². The second-order valence-corrected chi connectivity index (χ2v) is 8.95. The van der Waals surface area contributed by atoms with Crippen molar-refractivity contribution in [3.63, 3.8) is 0 Å². The summed E-state index contributed by atoms with van der Waals surface area (Å²) in [7, 11) is 1.46. The Kier molecular flexibility index (Phi) is 8.80. The number of nitro groups is 1. The van der Waals surface area contributed by atoms with Crippen LogP contribution in [0.15, 0.2) is 16.6 Å². The molecule has 0 amide bonds. The molecule has 10 heteroatoms. The summed E-state index contributed by atoms with van der Waals surface area (Å²) in [5.41, 5.74) is -0.885. The number of methoxy groups -OCH3 is 1. The molecular weight excluding hydrogens is 480 g/mol. The van der Waals surface area contributed by atoms with Gasteiger partial charge in [0.05, 0.1) is 17.6 Å². The second kappa shape index (κ2) is 10.9. The molecule has 0 saturated carbocycles. The van der Waals surface area contributed by atoms with Gasteiger partial charge in [0.25, 0.3) is 0 Å². The van der Waals surface area contributed by atoms with Gasteiger partial charge in [0, 0.05) is 16.1 Å². The number of halogens is 1. The Balaban J connectivity index is 2.56. The smallest absolute Gasteiger partial charge is 0.373 e. The van der Waals surface area contributed by atoms with E-state index >= 15 is 0 Å². The molecule has 0 saturated heterocycles. The molecule has 2 aromatic rings. The summed E-state index contributed by atoms with van der Waals surface area (Å²) in [6, 6.07) is 3.27. The number of aryl methyl sites for hydroxylation is 1. The Hall–Kier alpha value is -2.46. The summed E-state index contributed by atoms with van der Waals surface area (Å²) in [5.74, 6) is 0.818. The van der Waals surface area contributed by atoms with Gasteiger partial charge in [-0.05, 0) is 45.7 Å². The predicted octanol–water partition coefficient (Wildman–Crippen LogP) is 5.86. The Morgan fingerprint density at radius 2 is 1.84 bits per heavy atom. The normalized spacial score (nSPS) is 11.5. The number of aromatic nitrogens is 2. The van der Waals surface area contributed by atoms with Gasteiger partial charge in [0.1, 0.15) is 5.82 Å². The van der Waals surface area contributed by atoms with E-state index in [-0.39, 0.29) is 29.2 Å². The first-order valence-electron chi connectivity index (χ1n) is 10.6. The lowest BCUT2D eigenvalue weighted by molar-refractivity contribution is -0.385. The minimum atomic E-state index is -1.13. The van der Waals surface area contributed by atoms with E-state index in [9.17, 15) is 15.2 Å². The Morgan fingerprint density at radius 3 is 2.34 bits per heavy atom. The lowest BCUT2D eigenvalue weighted by atomic mass is 9.98. The highest BCUT2D eigenvalue weighted by Gasteiger charge is 2.29. The van der Waals surface area contributed by atoms with Gasteiger partial charge in [-0.15, -0.1) is 0 Å². The molecule has 1 aromatic heterocycles. The first-order valence-corrected chi connectivity index (χ1v) is 11.4. The van der Waals surface area contributed by atoms with Crippen LogP contribution in [0.2, 0.25) is 0 Å². The molecule has 9 nitrogen and oxygen atoms in total. The molecule has 0 unspecified atom stereocenters. The van der Waals surface area contributed by atoms with Crippen molar-refractivity contribution in [2.24, 2.45) is 0 Å². The molecule has 0 atom stereocenters. The molecule has 0 spiro atoms. The summed E-state index contributed by atoms with van der Waals surface area (Å²) >= 11 is 3.43. The number of rotatable bonds is 11. The summed E-state index contributed by atoms with van der Waals surface area (Å²) in [4.78, 5) is 19.9. The zero-order chi connectivity index (χ0) is 24.1. The molecule has 0 aliphatic carbocycles. The van der Waals surface area contributed by atoms with Crippen molar-refractivity contribution >= 4 is 27.4 Å². The van der Waals surface area contributed by atoms with E-state index in [4.69, 9.17) is 9.47 Å². The largest absolute Gasteiger partial charge is 0.493 e. The first-order chi connectivity index (χ1) is 15.0. The molecule has 0 bridgehead atoms. The van der Waals surface area contributed by atoms with Crippen LogP contribution in [0.4, 0.5) is 11.5 Å². The predicted molar refractivity (Wildman–Crippen MR) is 127 cm³/mol. The Morgan fingerprint density at radius 1 is 1.22 bits per heavy atom. The van der Waals surface area contributed by atoms with Crippen molar-refractivity contribution in [2.45, 2.75) is 71.9 Å². The maximum atomic E-state index is 12.0. The molecule has 32 heavy (non-hydrogen) atoms. The summed E-state index contributed by atoms with van der Waals surface area (Å²) in [6.07, 6.45) is 3.61. The number of benzene rings is 1. The molecule has 176 valence electrons. The zero-order valence-electron chi connectivity index (χ0n) is 19.4. The molecule has 0 fully saturated rings. The van der Waals surface area contributed by atoms with Gasteiger partial charge in [0.2, 0.25) is 5.82 Å². The maximum absolute atomic E-state index is 12.0. The third kappa shape index (κ3) is 6.29. The summed E-state index contributed by atoms with van der Waals surface area (Å²) in [5, 5.41) is 25.6. The second-order valence-electron chi connectivity index (χ2n) is 8.09. The van der Waals surface area contributed by atoms with Gasteiger partial charge >= 0.3 is 11.6 Å². The summed E-state index contributed by atoms with van der Waals surface area (Å²) in [6.45, 7) is 9.08. The first kappa shape index (κ1) is 25.8. The standard InChI is InChI=1S/C22H31BrN4O5/c1-7-9-14(10-8-2)26-20-19(27(29)30)21(25-13(3)24-20)32-18-12-16(23)15(22(4,5)28)11-17(18)31-6/h11-12,14,28H,7-10H2,1-6H3,(H,24,25,26). The number of nitrogens with zero attached hydrogens (tertiary/aromatic N) is 3. The monoisotopic (exact) mass is 510 g/mol. The highest BCUT2D eigenvalue weighted by atomic mass is 79.9. The lowest BCUT2D eigenvalue weighted by Crippen LogP contribution is -2.21. The number of anilines is 1. The quantitative estimate of drug-likeness (QED) is 0.284. The van der Waals surface area contributed by atoms with E-state index < -0.39 is 10.5 Å². The molecule has 0 radical (unpaired) electrons. The van der Waals surface area contributed by atoms with E-state index in [2.05, 4.69) is 45.1 Å². The fraction of sp³-hybridized carbons (Fsp3) is 0.545. The van der Waals surface area contributed by atoms with Crippen LogP contribution in [0.1, 0.15) is 64.8 Å². The van der Waals surface area contributed by atoms with Crippen LogP contribution in [0.3, 0.4) is 0 Å². The number of nitrogens with one attached hydrogen (secondary N) is 1. The van der Waals surface area contributed by atoms with E-state index in [0.717, 1.165) is 25.7 Å². The van der Waals surface area contributed by atoms with Gasteiger partial charge in [-0.3, -0.25) is 10.1 Å². The molecule has 2 rings (SSSR count). The number of ether oxygens (including phenoxy) is 2. The van der Waals surface area contributed by atoms with Crippen LogP contribution in [0.25, 0.3) is 0 Å². The Bertz CT molecular complexity index is 956. The van der Waals surface area contributed by atoms with Crippen molar-refractivity contribution in [2.75, 3.05) is 12.4 Å². The minimum Gasteiger partial charge on any atom is -0.493 e. The van der Waals surface area contributed by atoms with Crippen LogP contribution < -0.4 is 14.8 Å². The van der Waals surface area contributed by atoms with Gasteiger partial charge in [-0.25, -0.2) is 4.98 Å². The van der Waals surface area contributed by atoms with Crippen molar-refractivity contribution in [1.29, 1.82) is 0 Å². The van der Waals surface area contributed by atoms with E-state index in [0.29, 0.717) is 21.6 Å². The van der Waals surface area contributed by atoms with Crippen LogP contribution in [-0.2, 0) is 5.60 Å². The van der Waals surface area contributed by atoms with Gasteiger partial charge in [0.15, 0.2) is 11.5 Å². The molecule has 1 aromatic carbocycles. The van der Waals surface area contributed by atoms with Gasteiger partial charge in [-0.1, -0.05) is 42.6 Å². The van der Waals surface area contributed by atoms with E-state index in [1.807, 2.05) is 0 Å². The fourth-order valence-electron chi connectivity index (χ4n) is 3.40. The van der Waals surface area contributed by atoms with Gasteiger partial charge < -0.3 is 19.9 Å². The summed E-state index contributed by atoms with van der Waals surface area (Å²) < 4.78 is 11.9. The van der Waals surface area contributed by atoms with Crippen molar-refractivity contribution in [1.82, 2.24) is 9.97 Å². The van der Waals surface area contributed by atoms with E-state index in [1.165, 1.54) is 7.11 Å². The average Bonchev–Trinajstić information content (AvgIpc) is 2.67. The SMILES string of the molecule is CCCC(CCC)Nc1nc(C)nc(Oc2cc(Br)c(C(C)(C)O)cc2OC)c1[N+](=O)[O-]. The van der Waals surface area contributed by atoms with Gasteiger partial charge in [-0.2, -0.15) is 4.98 Å². The lowest BCUT2D eigenvalue weighted by Gasteiger charge is -2.22. The van der Waals surface area contributed by atoms with Crippen molar-refractivity contribution in [3.05, 3.63) is 38.1 Å². The molecular formula is C22H31BrN4O5. The van der Waals surface area contributed by atoms with Crippen LogP contribution in [0.5, 0.6) is 17.4 Å². The zero-order valence-corrected chi connectivity index (χ0v) is 20.9. The highest BCUT2D eigenvalue weighted by molar-refractivity contribution is 9.10. The average molecular weight is 511 g/mol. The van der Waals surface area contributed by atoms with Crippen LogP contribution in [0, 0.1) is 17.0 Å². The van der Waals surface area contributed by atoms with E-state index in [1.54, 1.807) is 32.9 Å². The maximum Gasteiger partial charge on any atom is 0.373 e. The number of aliphatic hydroxyl groups is 1. The molecule has 1 heterocycles. The van der Waals surface area contributed by atoms with Crippen LogP contribution in [-0.4, -0.2) is 33.1 Å². The third-order valence-electron chi connectivity index (χ3n) is 4.88. The van der Waals surface area contributed by atoms with Crippen molar-refractivity contribution < 1.29 is 19.5 Å². The van der Waals surface area contributed by atoms with Crippen LogP contribution >= 0.6 is 15.9 Å².